The Balaban J connectivity index is 1.76. The number of ether oxygens (including phenoxy) is 1. The molecule has 0 saturated carbocycles. The van der Waals surface area contributed by atoms with Crippen LogP contribution in [0.5, 0.6) is 11.5 Å². The molecule has 2 N–H and O–H groups in total. The molecule has 2 aromatic rings. The van der Waals surface area contributed by atoms with E-state index in [0.29, 0.717) is 0 Å². The van der Waals surface area contributed by atoms with E-state index >= 15 is 0 Å². The molecule has 0 spiro atoms. The van der Waals surface area contributed by atoms with Crippen LogP contribution in [0, 0.1) is 0 Å². The molecule has 0 fully saturated rings. The molecule has 0 aromatic heterocycles. The smallest absolute Gasteiger partial charge is 0.205 e. The molecule has 98 valence electrons. The number of hydrogen-bond acceptors (Lipinski definition) is 3. The van der Waals surface area contributed by atoms with Gasteiger partial charge < -0.3 is 10.1 Å². The standard InChI is InChI=1S/C16H13N3O/c1-3-17-11-7-15-13(5-9(1)11)19-14-6-10-2-4-18-12(10)8-16(14)20-15/h5-8,17H,1-4H2/p+1. The van der Waals surface area contributed by atoms with Gasteiger partial charge in [0, 0.05) is 30.3 Å². The van der Waals surface area contributed by atoms with Gasteiger partial charge >= 0.3 is 0 Å². The second-order valence-electron chi connectivity index (χ2n) is 5.52. The van der Waals surface area contributed by atoms with Crippen molar-refractivity contribution in [3.63, 3.8) is 0 Å². The first-order chi connectivity index (χ1) is 9.87. The molecule has 0 saturated heterocycles. The molecule has 4 nitrogen and oxygen atoms in total. The average Bonchev–Trinajstić information content (AvgIpc) is 3.07. The maximum atomic E-state index is 6.05. The summed E-state index contributed by atoms with van der Waals surface area (Å²) in [6, 6.07) is 8.45. The van der Waals surface area contributed by atoms with Crippen LogP contribution in [0.15, 0.2) is 29.3 Å². The molecular formula is C16H14N3O+. The summed E-state index contributed by atoms with van der Waals surface area (Å²) in [6.07, 6.45) is 2.14. The lowest BCUT2D eigenvalue weighted by molar-refractivity contribution is -0.490. The Morgan fingerprint density at radius 2 is 2.05 bits per heavy atom. The number of rotatable bonds is 0. The van der Waals surface area contributed by atoms with Gasteiger partial charge in [0.2, 0.25) is 5.36 Å². The monoisotopic (exact) mass is 264 g/mol. The highest BCUT2D eigenvalue weighted by molar-refractivity contribution is 5.69. The predicted molar refractivity (Wildman–Crippen MR) is 74.2 cm³/mol. The van der Waals surface area contributed by atoms with Crippen molar-refractivity contribution in [1.29, 1.82) is 0 Å². The largest absolute Gasteiger partial charge is 0.452 e. The van der Waals surface area contributed by atoms with Gasteiger partial charge in [-0.15, -0.1) is 0 Å². The molecule has 3 heterocycles. The summed E-state index contributed by atoms with van der Waals surface area (Å²) in [5, 5.41) is 5.51. The van der Waals surface area contributed by atoms with Gasteiger partial charge in [-0.2, -0.15) is 0 Å². The van der Waals surface area contributed by atoms with Gasteiger partial charge in [0.05, 0.1) is 6.07 Å². The van der Waals surface area contributed by atoms with Gasteiger partial charge in [0.1, 0.15) is 17.6 Å². The first-order valence-electron chi connectivity index (χ1n) is 7.08. The van der Waals surface area contributed by atoms with Crippen LogP contribution >= 0.6 is 0 Å². The Morgan fingerprint density at radius 1 is 1.05 bits per heavy atom. The lowest BCUT2D eigenvalue weighted by Gasteiger charge is -2.15. The number of hydrogen-bond donors (Lipinski definition) is 2. The third-order valence-corrected chi connectivity index (χ3v) is 4.25. The Hall–Kier alpha value is -2.36. The van der Waals surface area contributed by atoms with E-state index in [9.17, 15) is 0 Å². The van der Waals surface area contributed by atoms with Crippen molar-refractivity contribution in [3.8, 4) is 11.5 Å². The molecule has 0 amide bonds. The van der Waals surface area contributed by atoms with Gasteiger partial charge in [0.25, 0.3) is 0 Å². The van der Waals surface area contributed by atoms with Gasteiger partial charge in [-0.05, 0) is 24.1 Å². The van der Waals surface area contributed by atoms with Gasteiger partial charge in [-0.1, -0.05) is 0 Å². The van der Waals surface area contributed by atoms with Crippen LogP contribution in [0.25, 0.3) is 0 Å². The Morgan fingerprint density at radius 3 is 3.05 bits per heavy atom. The summed E-state index contributed by atoms with van der Waals surface area (Å²) in [5.74, 6) is 1.70. The van der Waals surface area contributed by atoms with Crippen LogP contribution < -0.4 is 25.8 Å². The normalized spacial score (nSPS) is 16.8. The van der Waals surface area contributed by atoms with Crippen LogP contribution in [0.4, 0.5) is 11.4 Å². The lowest BCUT2D eigenvalue weighted by atomic mass is 10.1. The molecule has 5 rings (SSSR count). The van der Waals surface area contributed by atoms with Gasteiger partial charge in [-0.3, -0.25) is 0 Å². The summed E-state index contributed by atoms with van der Waals surface area (Å²) in [6.45, 7) is 2.01. The molecule has 3 aliphatic heterocycles. The van der Waals surface area contributed by atoms with E-state index in [1.165, 1.54) is 22.2 Å². The Labute approximate surface area is 115 Å². The van der Waals surface area contributed by atoms with Crippen LogP contribution in [-0.2, 0) is 12.8 Å². The SMILES string of the molecule is c1c2c(cc3c1N=c1cc4c(cc1O3)=[NH+]CC4)NCC2. The summed E-state index contributed by atoms with van der Waals surface area (Å²) in [4.78, 5) is 8.17. The van der Waals surface area contributed by atoms with E-state index in [4.69, 9.17) is 9.73 Å². The highest BCUT2D eigenvalue weighted by Crippen LogP contribution is 2.39. The maximum absolute atomic E-state index is 6.05. The minimum absolute atomic E-state index is 0.851. The van der Waals surface area contributed by atoms with E-state index in [2.05, 4.69) is 34.6 Å². The number of nitrogens with one attached hydrogen (secondary N) is 2. The number of anilines is 1. The first-order valence-corrected chi connectivity index (χ1v) is 7.08. The molecule has 0 bridgehead atoms. The fraction of sp³-hybridized carbons (Fsp3) is 0.250. The average molecular weight is 264 g/mol. The molecule has 0 unspecified atom stereocenters. The molecule has 0 radical (unpaired) electrons. The topological polar surface area (TPSA) is 47.6 Å². The van der Waals surface area contributed by atoms with Crippen LogP contribution in [0.3, 0.4) is 0 Å². The lowest BCUT2D eigenvalue weighted by Crippen LogP contribution is -2.73. The molecule has 2 aromatic carbocycles. The van der Waals surface area contributed by atoms with E-state index in [1.54, 1.807) is 0 Å². The molecular weight excluding hydrogens is 250 g/mol. The van der Waals surface area contributed by atoms with Crippen LogP contribution in [-0.4, -0.2) is 13.1 Å². The van der Waals surface area contributed by atoms with Crippen molar-refractivity contribution < 1.29 is 9.73 Å². The second-order valence-corrected chi connectivity index (χ2v) is 5.52. The second kappa shape index (κ2) is 3.60. The predicted octanol–water partition coefficient (Wildman–Crippen LogP) is -0.0321. The minimum Gasteiger partial charge on any atom is -0.452 e. The van der Waals surface area contributed by atoms with Crippen LogP contribution in [0.2, 0.25) is 0 Å². The summed E-state index contributed by atoms with van der Waals surface area (Å²) in [5.41, 5.74) is 4.80. The van der Waals surface area contributed by atoms with Gasteiger partial charge in [-0.25, -0.2) is 9.98 Å². The number of nitrogens with zero attached hydrogens (tertiary/aromatic N) is 1. The van der Waals surface area contributed by atoms with Crippen molar-refractivity contribution in [2.75, 3.05) is 18.4 Å². The van der Waals surface area contributed by atoms with E-state index in [-0.39, 0.29) is 0 Å². The third kappa shape index (κ3) is 1.36. The fourth-order valence-corrected chi connectivity index (χ4v) is 3.22. The highest BCUT2D eigenvalue weighted by atomic mass is 16.5. The van der Waals surface area contributed by atoms with Crippen LogP contribution in [0.1, 0.15) is 11.1 Å². The van der Waals surface area contributed by atoms with Crippen molar-refractivity contribution in [2.45, 2.75) is 12.8 Å². The zero-order valence-corrected chi connectivity index (χ0v) is 11.0. The summed E-state index contributed by atoms with van der Waals surface area (Å²) < 4.78 is 6.05. The Bertz CT molecular complexity index is 870. The molecule has 0 aliphatic carbocycles. The Kier molecular flexibility index (Phi) is 1.88. The molecule has 4 heteroatoms. The van der Waals surface area contributed by atoms with Crippen molar-refractivity contribution in [1.82, 2.24) is 0 Å². The minimum atomic E-state index is 0.851. The third-order valence-electron chi connectivity index (χ3n) is 4.25. The van der Waals surface area contributed by atoms with E-state index in [1.807, 2.05) is 0 Å². The van der Waals surface area contributed by atoms with E-state index < -0.39 is 0 Å². The summed E-state index contributed by atoms with van der Waals surface area (Å²) in [7, 11) is 0. The quantitative estimate of drug-likeness (QED) is 0.599. The summed E-state index contributed by atoms with van der Waals surface area (Å²) >= 11 is 0. The molecule has 0 atom stereocenters. The first kappa shape index (κ1) is 10.4. The van der Waals surface area contributed by atoms with E-state index in [0.717, 1.165) is 48.5 Å². The van der Waals surface area contributed by atoms with Gasteiger partial charge in [0.15, 0.2) is 11.5 Å². The maximum Gasteiger partial charge on any atom is 0.205 e. The van der Waals surface area contributed by atoms with Crippen molar-refractivity contribution in [3.05, 3.63) is 46.1 Å². The number of fused-ring (bicyclic) bond motifs is 4. The number of benzene rings is 2. The van der Waals surface area contributed by atoms with Crippen molar-refractivity contribution >= 4 is 11.4 Å². The molecule has 20 heavy (non-hydrogen) atoms. The fourth-order valence-electron chi connectivity index (χ4n) is 3.22. The zero-order chi connectivity index (χ0) is 13.1. The zero-order valence-electron chi connectivity index (χ0n) is 11.0. The highest BCUT2D eigenvalue weighted by Gasteiger charge is 2.21. The molecule has 3 aliphatic rings. The van der Waals surface area contributed by atoms with Crippen molar-refractivity contribution in [2.24, 2.45) is 4.99 Å².